The van der Waals surface area contributed by atoms with Crippen LogP contribution in [0.4, 0.5) is 11.6 Å². The zero-order chi connectivity index (χ0) is 14.5. The molecular formula is C14H21N5S. The van der Waals surface area contributed by atoms with Crippen molar-refractivity contribution in [3.05, 3.63) is 28.0 Å². The van der Waals surface area contributed by atoms with Crippen molar-refractivity contribution in [1.29, 1.82) is 0 Å². The Bertz CT molecular complexity index is 551. The van der Waals surface area contributed by atoms with Gasteiger partial charge in [-0.05, 0) is 13.8 Å². The van der Waals surface area contributed by atoms with Crippen molar-refractivity contribution in [2.45, 2.75) is 40.2 Å². The topological polar surface area (TPSA) is 62.7 Å². The molecule has 6 heteroatoms. The summed E-state index contributed by atoms with van der Waals surface area (Å²) >= 11 is 1.64. The molecule has 0 amide bonds. The standard InChI is InChI=1S/C14H21N5S/c1-5-15-13-10(4)14(19-12(18-13)9(2)3)17-8-11-16-6-7-20-11/h6-7,9H,5,8H2,1-4H3,(H2,15,17,18,19). The molecule has 0 radical (unpaired) electrons. The van der Waals surface area contributed by atoms with Gasteiger partial charge in [-0.1, -0.05) is 13.8 Å². The number of nitrogens with one attached hydrogen (secondary N) is 2. The Morgan fingerprint density at radius 3 is 2.45 bits per heavy atom. The van der Waals surface area contributed by atoms with Gasteiger partial charge in [0.1, 0.15) is 22.5 Å². The summed E-state index contributed by atoms with van der Waals surface area (Å²) in [6.07, 6.45) is 1.82. The zero-order valence-electron chi connectivity index (χ0n) is 12.4. The van der Waals surface area contributed by atoms with Crippen LogP contribution in [0.2, 0.25) is 0 Å². The minimum atomic E-state index is 0.299. The summed E-state index contributed by atoms with van der Waals surface area (Å²) in [5.41, 5.74) is 1.05. The molecule has 20 heavy (non-hydrogen) atoms. The lowest BCUT2D eigenvalue weighted by Gasteiger charge is -2.15. The van der Waals surface area contributed by atoms with Crippen molar-refractivity contribution in [2.75, 3.05) is 17.2 Å². The molecule has 0 aliphatic carbocycles. The Morgan fingerprint density at radius 2 is 1.90 bits per heavy atom. The number of nitrogens with zero attached hydrogens (tertiary/aromatic N) is 3. The molecule has 0 bridgehead atoms. The summed E-state index contributed by atoms with van der Waals surface area (Å²) in [6.45, 7) is 9.85. The minimum Gasteiger partial charge on any atom is -0.370 e. The van der Waals surface area contributed by atoms with Gasteiger partial charge in [0.15, 0.2) is 0 Å². The van der Waals surface area contributed by atoms with Gasteiger partial charge in [-0.2, -0.15) is 0 Å². The summed E-state index contributed by atoms with van der Waals surface area (Å²) in [6, 6.07) is 0. The predicted molar refractivity (Wildman–Crippen MR) is 84.5 cm³/mol. The molecule has 0 unspecified atom stereocenters. The van der Waals surface area contributed by atoms with Crippen LogP contribution in [0.15, 0.2) is 11.6 Å². The Balaban J connectivity index is 2.25. The maximum Gasteiger partial charge on any atom is 0.135 e. The first-order chi connectivity index (χ1) is 9.61. The van der Waals surface area contributed by atoms with Crippen molar-refractivity contribution in [3.63, 3.8) is 0 Å². The summed E-state index contributed by atoms with van der Waals surface area (Å²) in [5, 5.41) is 9.70. The van der Waals surface area contributed by atoms with E-state index >= 15 is 0 Å². The lowest BCUT2D eigenvalue weighted by Crippen LogP contribution is -2.11. The van der Waals surface area contributed by atoms with E-state index in [4.69, 9.17) is 0 Å². The number of hydrogen-bond donors (Lipinski definition) is 2. The Morgan fingerprint density at radius 1 is 1.20 bits per heavy atom. The largest absolute Gasteiger partial charge is 0.370 e. The molecule has 0 spiro atoms. The summed E-state index contributed by atoms with van der Waals surface area (Å²) in [5.74, 6) is 2.95. The minimum absolute atomic E-state index is 0.299. The van der Waals surface area contributed by atoms with Gasteiger partial charge in [-0.15, -0.1) is 11.3 Å². The monoisotopic (exact) mass is 291 g/mol. The van der Waals surface area contributed by atoms with Gasteiger partial charge in [0, 0.05) is 29.6 Å². The molecule has 0 fully saturated rings. The number of hydrogen-bond acceptors (Lipinski definition) is 6. The van der Waals surface area contributed by atoms with E-state index in [0.717, 1.165) is 34.6 Å². The fraction of sp³-hybridized carbons (Fsp3) is 0.500. The Labute approximate surface area is 123 Å². The molecule has 108 valence electrons. The molecule has 0 saturated carbocycles. The third-order valence-corrected chi connectivity index (χ3v) is 3.69. The molecule has 0 aliphatic rings. The maximum atomic E-state index is 4.63. The molecule has 2 N–H and O–H groups in total. The van der Waals surface area contributed by atoms with Crippen LogP contribution in [0.3, 0.4) is 0 Å². The molecular weight excluding hydrogens is 270 g/mol. The Hall–Kier alpha value is -1.69. The van der Waals surface area contributed by atoms with Crippen LogP contribution >= 0.6 is 11.3 Å². The average molecular weight is 291 g/mol. The molecule has 2 heterocycles. The predicted octanol–water partition coefficient (Wildman–Crippen LogP) is 3.41. The average Bonchev–Trinajstić information content (AvgIpc) is 2.92. The van der Waals surface area contributed by atoms with Crippen molar-refractivity contribution in [2.24, 2.45) is 0 Å². The fourth-order valence-corrected chi connectivity index (χ4v) is 2.36. The van der Waals surface area contributed by atoms with Crippen molar-refractivity contribution in [1.82, 2.24) is 15.0 Å². The van der Waals surface area contributed by atoms with Crippen LogP contribution in [-0.4, -0.2) is 21.5 Å². The maximum absolute atomic E-state index is 4.63. The highest BCUT2D eigenvalue weighted by molar-refractivity contribution is 7.09. The van der Waals surface area contributed by atoms with E-state index < -0.39 is 0 Å². The molecule has 0 saturated heterocycles. The summed E-state index contributed by atoms with van der Waals surface area (Å²) in [7, 11) is 0. The second-order valence-corrected chi connectivity index (χ2v) is 5.85. The van der Waals surface area contributed by atoms with Crippen molar-refractivity contribution >= 4 is 23.0 Å². The lowest BCUT2D eigenvalue weighted by atomic mass is 10.2. The highest BCUT2D eigenvalue weighted by Gasteiger charge is 2.12. The number of anilines is 2. The van der Waals surface area contributed by atoms with Gasteiger partial charge >= 0.3 is 0 Å². The van der Waals surface area contributed by atoms with E-state index in [1.54, 1.807) is 11.3 Å². The molecule has 2 rings (SSSR count). The van der Waals surface area contributed by atoms with E-state index in [9.17, 15) is 0 Å². The Kier molecular flexibility index (Phi) is 4.89. The van der Waals surface area contributed by atoms with E-state index in [1.807, 2.05) is 18.5 Å². The zero-order valence-corrected chi connectivity index (χ0v) is 13.2. The smallest absolute Gasteiger partial charge is 0.135 e. The third-order valence-electron chi connectivity index (χ3n) is 2.91. The van der Waals surface area contributed by atoms with Crippen LogP contribution in [-0.2, 0) is 6.54 Å². The highest BCUT2D eigenvalue weighted by atomic mass is 32.1. The van der Waals surface area contributed by atoms with Crippen LogP contribution < -0.4 is 10.6 Å². The quantitative estimate of drug-likeness (QED) is 0.854. The van der Waals surface area contributed by atoms with E-state index in [0.29, 0.717) is 12.5 Å². The van der Waals surface area contributed by atoms with Gasteiger partial charge < -0.3 is 10.6 Å². The second kappa shape index (κ2) is 6.65. The van der Waals surface area contributed by atoms with Crippen LogP contribution in [0.1, 0.15) is 43.1 Å². The molecule has 2 aromatic heterocycles. The fourth-order valence-electron chi connectivity index (χ4n) is 1.80. The highest BCUT2D eigenvalue weighted by Crippen LogP contribution is 2.23. The van der Waals surface area contributed by atoms with Crippen LogP contribution in [0.25, 0.3) is 0 Å². The molecule has 5 nitrogen and oxygen atoms in total. The van der Waals surface area contributed by atoms with E-state index in [-0.39, 0.29) is 0 Å². The van der Waals surface area contributed by atoms with E-state index in [1.165, 1.54) is 0 Å². The van der Waals surface area contributed by atoms with Crippen molar-refractivity contribution in [3.8, 4) is 0 Å². The van der Waals surface area contributed by atoms with Gasteiger partial charge in [-0.25, -0.2) is 15.0 Å². The van der Waals surface area contributed by atoms with Gasteiger partial charge in [-0.3, -0.25) is 0 Å². The van der Waals surface area contributed by atoms with Crippen LogP contribution in [0.5, 0.6) is 0 Å². The van der Waals surface area contributed by atoms with E-state index in [2.05, 4.69) is 46.4 Å². The first-order valence-corrected chi connectivity index (χ1v) is 7.74. The normalized spacial score (nSPS) is 10.8. The molecule has 0 atom stereocenters. The van der Waals surface area contributed by atoms with Gasteiger partial charge in [0.05, 0.1) is 6.54 Å². The van der Waals surface area contributed by atoms with Gasteiger partial charge in [0.2, 0.25) is 0 Å². The summed E-state index contributed by atoms with van der Waals surface area (Å²) < 4.78 is 0. The van der Waals surface area contributed by atoms with Crippen LogP contribution in [0, 0.1) is 6.92 Å². The third kappa shape index (κ3) is 3.45. The molecule has 2 aromatic rings. The van der Waals surface area contributed by atoms with Crippen molar-refractivity contribution < 1.29 is 0 Å². The lowest BCUT2D eigenvalue weighted by molar-refractivity contribution is 0.772. The van der Waals surface area contributed by atoms with Gasteiger partial charge in [0.25, 0.3) is 0 Å². The summed E-state index contributed by atoms with van der Waals surface area (Å²) in [4.78, 5) is 13.5. The number of rotatable bonds is 6. The first-order valence-electron chi connectivity index (χ1n) is 6.86. The first kappa shape index (κ1) is 14.7. The SMILES string of the molecule is CCNc1nc(C(C)C)nc(NCc2nccs2)c1C. The number of thiazole rings is 1. The number of aromatic nitrogens is 3. The second-order valence-electron chi connectivity index (χ2n) is 4.87. The molecule has 0 aromatic carbocycles. The molecule has 0 aliphatic heterocycles.